The smallest absolute Gasteiger partial charge is 0.252 e. The number of anilines is 1. The molecule has 1 fully saturated rings. The summed E-state index contributed by atoms with van der Waals surface area (Å²) in [6.07, 6.45) is -0.788. The van der Waals surface area contributed by atoms with Crippen molar-refractivity contribution in [1.82, 2.24) is 16.0 Å². The van der Waals surface area contributed by atoms with Crippen LogP contribution in [0.25, 0.3) is 0 Å². The summed E-state index contributed by atoms with van der Waals surface area (Å²) in [6, 6.07) is 11.7. The Labute approximate surface area is 185 Å². The van der Waals surface area contributed by atoms with E-state index in [-0.39, 0.29) is 17.6 Å². The molecule has 3 unspecified atom stereocenters. The van der Waals surface area contributed by atoms with Crippen molar-refractivity contribution in [2.75, 3.05) is 11.1 Å². The third-order valence-electron chi connectivity index (χ3n) is 4.90. The van der Waals surface area contributed by atoms with Crippen molar-refractivity contribution < 1.29 is 14.4 Å². The number of thioether (sulfide) groups is 1. The molecule has 1 saturated heterocycles. The summed E-state index contributed by atoms with van der Waals surface area (Å²) in [7, 11) is 0. The molecule has 0 saturated carbocycles. The van der Waals surface area contributed by atoms with E-state index >= 15 is 0 Å². The second-order valence-electron chi connectivity index (χ2n) is 7.53. The lowest BCUT2D eigenvalue weighted by molar-refractivity contribution is -0.125. The van der Waals surface area contributed by atoms with E-state index < -0.39 is 23.6 Å². The Morgan fingerprint density at radius 3 is 2.35 bits per heavy atom. The molecule has 6 N–H and O–H groups in total. The fourth-order valence-corrected chi connectivity index (χ4v) is 4.31. The largest absolute Gasteiger partial charge is 0.338 e. The maximum atomic E-state index is 12.5. The molecule has 0 aromatic heterocycles. The SMILES string of the molecule is Cc1cc(C)c(NC(=O)CSC2NC(=O)C(NC(=O)c3ccccc3)C(N)N2)c(C)c1. The van der Waals surface area contributed by atoms with Crippen molar-refractivity contribution in [3.05, 3.63) is 64.7 Å². The van der Waals surface area contributed by atoms with E-state index in [2.05, 4.69) is 21.3 Å². The van der Waals surface area contributed by atoms with Gasteiger partial charge in [-0.2, -0.15) is 0 Å². The van der Waals surface area contributed by atoms with Gasteiger partial charge in [-0.1, -0.05) is 35.9 Å². The Hall–Kier alpha value is -2.88. The minimum Gasteiger partial charge on any atom is -0.338 e. The topological polar surface area (TPSA) is 125 Å². The summed E-state index contributed by atoms with van der Waals surface area (Å²) in [5.41, 5.74) is 9.91. The van der Waals surface area contributed by atoms with Gasteiger partial charge in [-0.3, -0.25) is 19.7 Å². The zero-order valence-corrected chi connectivity index (χ0v) is 18.5. The van der Waals surface area contributed by atoms with Crippen LogP contribution >= 0.6 is 11.8 Å². The lowest BCUT2D eigenvalue weighted by Crippen LogP contribution is -2.70. The normalized spacial score (nSPS) is 20.6. The molecule has 0 aliphatic carbocycles. The van der Waals surface area contributed by atoms with Crippen LogP contribution in [0.5, 0.6) is 0 Å². The minimum absolute atomic E-state index is 0.123. The van der Waals surface area contributed by atoms with E-state index in [1.165, 1.54) is 11.8 Å². The predicted molar refractivity (Wildman–Crippen MR) is 122 cm³/mol. The van der Waals surface area contributed by atoms with Crippen LogP contribution in [0.3, 0.4) is 0 Å². The van der Waals surface area contributed by atoms with Crippen molar-refractivity contribution in [2.24, 2.45) is 5.73 Å². The van der Waals surface area contributed by atoms with E-state index in [0.29, 0.717) is 5.56 Å². The van der Waals surface area contributed by atoms with E-state index in [1.54, 1.807) is 30.3 Å². The van der Waals surface area contributed by atoms with Gasteiger partial charge in [0.1, 0.15) is 11.5 Å². The average Bonchev–Trinajstić information content (AvgIpc) is 2.72. The highest BCUT2D eigenvalue weighted by Gasteiger charge is 2.35. The summed E-state index contributed by atoms with van der Waals surface area (Å²) < 4.78 is 0. The van der Waals surface area contributed by atoms with Gasteiger partial charge in [0.15, 0.2) is 0 Å². The average molecular weight is 442 g/mol. The molecule has 31 heavy (non-hydrogen) atoms. The number of nitrogens with one attached hydrogen (secondary N) is 4. The lowest BCUT2D eigenvalue weighted by atomic mass is 10.1. The molecule has 9 heteroatoms. The summed E-state index contributed by atoms with van der Waals surface area (Å²) in [4.78, 5) is 37.2. The maximum absolute atomic E-state index is 12.5. The van der Waals surface area contributed by atoms with Gasteiger partial charge in [-0.05, 0) is 44.0 Å². The molecule has 2 aromatic carbocycles. The molecular formula is C22H27N5O3S. The summed E-state index contributed by atoms with van der Waals surface area (Å²) >= 11 is 1.22. The number of carbonyl (C=O) groups is 3. The second-order valence-corrected chi connectivity index (χ2v) is 8.62. The summed E-state index contributed by atoms with van der Waals surface area (Å²) in [6.45, 7) is 5.92. The first kappa shape index (κ1) is 22.8. The minimum atomic E-state index is -0.920. The number of benzene rings is 2. The van der Waals surface area contributed by atoms with E-state index in [1.807, 2.05) is 32.9 Å². The molecule has 1 aliphatic heterocycles. The van der Waals surface area contributed by atoms with Gasteiger partial charge in [0, 0.05) is 11.3 Å². The summed E-state index contributed by atoms with van der Waals surface area (Å²) in [5, 5.41) is 11.3. The van der Waals surface area contributed by atoms with Crippen molar-refractivity contribution >= 4 is 35.2 Å². The first-order valence-electron chi connectivity index (χ1n) is 9.92. The van der Waals surface area contributed by atoms with Crippen LogP contribution in [-0.4, -0.2) is 41.2 Å². The highest BCUT2D eigenvalue weighted by Crippen LogP contribution is 2.22. The van der Waals surface area contributed by atoms with Gasteiger partial charge in [0.2, 0.25) is 11.8 Å². The molecule has 0 spiro atoms. The number of rotatable bonds is 6. The van der Waals surface area contributed by atoms with E-state index in [0.717, 1.165) is 22.4 Å². The molecule has 3 rings (SSSR count). The highest BCUT2D eigenvalue weighted by molar-refractivity contribution is 8.00. The van der Waals surface area contributed by atoms with Crippen LogP contribution in [0.4, 0.5) is 5.69 Å². The highest BCUT2D eigenvalue weighted by atomic mass is 32.2. The van der Waals surface area contributed by atoms with Crippen LogP contribution in [0.1, 0.15) is 27.0 Å². The molecule has 0 radical (unpaired) electrons. The van der Waals surface area contributed by atoms with Crippen molar-refractivity contribution in [3.8, 4) is 0 Å². The van der Waals surface area contributed by atoms with Crippen molar-refractivity contribution in [2.45, 2.75) is 38.5 Å². The first-order chi connectivity index (χ1) is 14.7. The quantitative estimate of drug-likeness (QED) is 0.461. The number of amides is 3. The van der Waals surface area contributed by atoms with Gasteiger partial charge in [-0.25, -0.2) is 0 Å². The molecule has 3 atom stereocenters. The molecule has 1 aliphatic rings. The van der Waals surface area contributed by atoms with Crippen LogP contribution in [0.2, 0.25) is 0 Å². The Morgan fingerprint density at radius 1 is 1.10 bits per heavy atom. The van der Waals surface area contributed by atoms with Crippen LogP contribution in [0.15, 0.2) is 42.5 Å². The number of hydrogen-bond acceptors (Lipinski definition) is 6. The Balaban J connectivity index is 1.52. The third-order valence-corrected chi connectivity index (χ3v) is 5.92. The molecule has 2 aromatic rings. The fourth-order valence-electron chi connectivity index (χ4n) is 3.47. The van der Waals surface area contributed by atoms with Crippen LogP contribution in [0, 0.1) is 20.8 Å². The predicted octanol–water partition coefficient (Wildman–Crippen LogP) is 1.37. The van der Waals surface area contributed by atoms with E-state index in [9.17, 15) is 14.4 Å². The molecule has 3 amide bonds. The fraction of sp³-hybridized carbons (Fsp3) is 0.318. The second kappa shape index (κ2) is 9.95. The van der Waals surface area contributed by atoms with E-state index in [4.69, 9.17) is 5.73 Å². The number of hydrogen-bond donors (Lipinski definition) is 5. The molecular weight excluding hydrogens is 414 g/mol. The van der Waals surface area contributed by atoms with Crippen molar-refractivity contribution in [1.29, 1.82) is 0 Å². The third kappa shape index (κ3) is 5.84. The lowest BCUT2D eigenvalue weighted by Gasteiger charge is -2.35. The molecule has 1 heterocycles. The zero-order chi connectivity index (χ0) is 22.5. The molecule has 0 bridgehead atoms. The monoisotopic (exact) mass is 441 g/mol. The van der Waals surface area contributed by atoms with Crippen LogP contribution in [-0.2, 0) is 9.59 Å². The summed E-state index contributed by atoms with van der Waals surface area (Å²) in [5.74, 6) is -0.839. The van der Waals surface area contributed by atoms with Gasteiger partial charge in [0.25, 0.3) is 5.91 Å². The van der Waals surface area contributed by atoms with Gasteiger partial charge in [0.05, 0.1) is 11.9 Å². The van der Waals surface area contributed by atoms with Gasteiger partial charge < -0.3 is 21.7 Å². The number of nitrogens with two attached hydrogens (primary N) is 1. The maximum Gasteiger partial charge on any atom is 0.252 e. The Bertz CT molecular complexity index is 959. The number of aryl methyl sites for hydroxylation is 3. The number of carbonyl (C=O) groups excluding carboxylic acids is 3. The van der Waals surface area contributed by atoms with Gasteiger partial charge in [-0.15, -0.1) is 11.8 Å². The standard InChI is InChI=1S/C22H27N5O3S/c1-12-9-13(2)17(14(3)10-12)24-16(28)11-31-22-26-19(23)18(21(30)27-22)25-20(29)15-7-5-4-6-8-15/h4-10,18-19,22,26H,11,23H2,1-3H3,(H,24,28)(H,25,29)(H,27,30). The van der Waals surface area contributed by atoms with Crippen LogP contribution < -0.4 is 27.0 Å². The molecule has 164 valence electrons. The zero-order valence-electron chi connectivity index (χ0n) is 17.7. The van der Waals surface area contributed by atoms with Gasteiger partial charge >= 0.3 is 0 Å². The molecule has 8 nitrogen and oxygen atoms in total. The Kier molecular flexibility index (Phi) is 7.32. The van der Waals surface area contributed by atoms with Crippen molar-refractivity contribution in [3.63, 3.8) is 0 Å². The Morgan fingerprint density at radius 2 is 1.74 bits per heavy atom. The first-order valence-corrected chi connectivity index (χ1v) is 11.0.